The van der Waals surface area contributed by atoms with Crippen molar-refractivity contribution in [1.82, 2.24) is 5.32 Å². The average molecular weight is 261 g/mol. The standard InChI is InChI=1S/C17H27NO/c1-2-6-15(7-3-1)16-8-4-5-9-17(16)18-12-14-10-11-19-13-14/h10-11,13,15-18H,1-9,12H2. The molecule has 0 aromatic carbocycles. The number of furan rings is 1. The van der Waals surface area contributed by atoms with Gasteiger partial charge in [-0.3, -0.25) is 0 Å². The van der Waals surface area contributed by atoms with Crippen LogP contribution in [-0.2, 0) is 6.54 Å². The Morgan fingerprint density at radius 3 is 2.58 bits per heavy atom. The van der Waals surface area contributed by atoms with Gasteiger partial charge in [0.25, 0.3) is 0 Å². The summed E-state index contributed by atoms with van der Waals surface area (Å²) in [6.45, 7) is 0.977. The van der Waals surface area contributed by atoms with Crippen LogP contribution in [0.15, 0.2) is 23.0 Å². The van der Waals surface area contributed by atoms with Crippen LogP contribution < -0.4 is 5.32 Å². The van der Waals surface area contributed by atoms with Crippen molar-refractivity contribution >= 4 is 0 Å². The number of nitrogens with one attached hydrogen (secondary N) is 1. The van der Waals surface area contributed by atoms with Crippen molar-refractivity contribution in [1.29, 1.82) is 0 Å². The number of hydrogen-bond acceptors (Lipinski definition) is 2. The molecule has 0 spiro atoms. The van der Waals surface area contributed by atoms with Crippen molar-refractivity contribution in [3.8, 4) is 0 Å². The molecule has 2 atom stereocenters. The van der Waals surface area contributed by atoms with Crippen LogP contribution in [0.2, 0.25) is 0 Å². The average Bonchev–Trinajstić information content (AvgIpc) is 3.00. The molecule has 3 rings (SSSR count). The van der Waals surface area contributed by atoms with Gasteiger partial charge >= 0.3 is 0 Å². The summed E-state index contributed by atoms with van der Waals surface area (Å²) in [5, 5.41) is 3.81. The Kier molecular flexibility index (Phi) is 4.60. The molecular weight excluding hydrogens is 234 g/mol. The quantitative estimate of drug-likeness (QED) is 0.862. The van der Waals surface area contributed by atoms with Gasteiger partial charge in [-0.15, -0.1) is 0 Å². The van der Waals surface area contributed by atoms with Gasteiger partial charge in [-0.05, 0) is 30.7 Å². The van der Waals surface area contributed by atoms with Crippen LogP contribution in [-0.4, -0.2) is 6.04 Å². The zero-order valence-electron chi connectivity index (χ0n) is 11.9. The summed E-state index contributed by atoms with van der Waals surface area (Å²) in [7, 11) is 0. The maximum Gasteiger partial charge on any atom is 0.0947 e. The van der Waals surface area contributed by atoms with E-state index in [1.165, 1.54) is 63.4 Å². The minimum atomic E-state index is 0.742. The summed E-state index contributed by atoms with van der Waals surface area (Å²) in [6.07, 6.45) is 16.7. The van der Waals surface area contributed by atoms with Crippen molar-refractivity contribution in [3.63, 3.8) is 0 Å². The molecule has 2 fully saturated rings. The van der Waals surface area contributed by atoms with E-state index < -0.39 is 0 Å². The third-order valence-corrected chi connectivity index (χ3v) is 5.22. The Morgan fingerprint density at radius 2 is 1.79 bits per heavy atom. The lowest BCUT2D eigenvalue weighted by Gasteiger charge is -2.39. The number of rotatable bonds is 4. The Hall–Kier alpha value is -0.760. The van der Waals surface area contributed by atoms with Gasteiger partial charge in [-0.1, -0.05) is 44.9 Å². The van der Waals surface area contributed by atoms with E-state index in [0.29, 0.717) is 0 Å². The van der Waals surface area contributed by atoms with Crippen LogP contribution >= 0.6 is 0 Å². The minimum absolute atomic E-state index is 0.742. The molecule has 1 N–H and O–H groups in total. The fourth-order valence-corrected chi connectivity index (χ4v) is 4.18. The normalized spacial score (nSPS) is 29.5. The molecule has 2 heteroatoms. The molecule has 2 aliphatic carbocycles. The molecular formula is C17H27NO. The topological polar surface area (TPSA) is 25.2 Å². The highest BCUT2D eigenvalue weighted by atomic mass is 16.3. The van der Waals surface area contributed by atoms with E-state index in [9.17, 15) is 0 Å². The first kappa shape index (κ1) is 13.2. The van der Waals surface area contributed by atoms with Crippen LogP contribution in [0.1, 0.15) is 63.4 Å². The maximum absolute atomic E-state index is 5.16. The molecule has 1 aromatic rings. The molecule has 0 aliphatic heterocycles. The predicted molar refractivity (Wildman–Crippen MR) is 77.9 cm³/mol. The lowest BCUT2D eigenvalue weighted by Crippen LogP contribution is -2.42. The molecule has 19 heavy (non-hydrogen) atoms. The molecule has 106 valence electrons. The van der Waals surface area contributed by atoms with Crippen LogP contribution in [0.3, 0.4) is 0 Å². The lowest BCUT2D eigenvalue weighted by atomic mass is 9.71. The molecule has 0 radical (unpaired) electrons. The van der Waals surface area contributed by atoms with Gasteiger partial charge in [0.2, 0.25) is 0 Å². The first-order chi connectivity index (χ1) is 9.43. The zero-order chi connectivity index (χ0) is 12.9. The molecule has 2 saturated carbocycles. The second-order valence-corrected chi connectivity index (χ2v) is 6.47. The summed E-state index contributed by atoms with van der Waals surface area (Å²) in [5.41, 5.74) is 1.29. The molecule has 0 bridgehead atoms. The zero-order valence-corrected chi connectivity index (χ0v) is 11.9. The molecule has 2 aliphatic rings. The largest absolute Gasteiger partial charge is 0.472 e. The highest BCUT2D eigenvalue weighted by molar-refractivity contribution is 5.05. The Morgan fingerprint density at radius 1 is 1.00 bits per heavy atom. The van der Waals surface area contributed by atoms with E-state index in [-0.39, 0.29) is 0 Å². The summed E-state index contributed by atoms with van der Waals surface area (Å²) < 4.78 is 5.16. The van der Waals surface area contributed by atoms with Crippen LogP contribution in [0.25, 0.3) is 0 Å². The third kappa shape index (κ3) is 3.42. The van der Waals surface area contributed by atoms with Crippen LogP contribution in [0.5, 0.6) is 0 Å². The van der Waals surface area contributed by atoms with Crippen molar-refractivity contribution in [2.75, 3.05) is 0 Å². The first-order valence-corrected chi connectivity index (χ1v) is 8.18. The Labute approximate surface area is 117 Å². The van der Waals surface area contributed by atoms with E-state index in [0.717, 1.165) is 24.4 Å². The summed E-state index contributed by atoms with van der Waals surface area (Å²) in [4.78, 5) is 0. The summed E-state index contributed by atoms with van der Waals surface area (Å²) in [6, 6.07) is 2.82. The SMILES string of the molecule is c1cc(CNC2CCCCC2C2CCCCC2)co1. The Balaban J connectivity index is 1.56. The number of hydrogen-bond donors (Lipinski definition) is 1. The second kappa shape index (κ2) is 6.60. The van der Waals surface area contributed by atoms with E-state index in [4.69, 9.17) is 4.42 Å². The van der Waals surface area contributed by atoms with Crippen molar-refractivity contribution in [2.45, 2.75) is 70.4 Å². The van der Waals surface area contributed by atoms with Crippen molar-refractivity contribution in [2.24, 2.45) is 11.8 Å². The van der Waals surface area contributed by atoms with Gasteiger partial charge in [-0.2, -0.15) is 0 Å². The second-order valence-electron chi connectivity index (χ2n) is 6.47. The van der Waals surface area contributed by atoms with Gasteiger partial charge in [0.15, 0.2) is 0 Å². The van der Waals surface area contributed by atoms with Crippen LogP contribution in [0, 0.1) is 11.8 Å². The first-order valence-electron chi connectivity index (χ1n) is 8.18. The monoisotopic (exact) mass is 261 g/mol. The van der Waals surface area contributed by atoms with E-state index in [1.54, 1.807) is 6.26 Å². The molecule has 0 amide bonds. The molecule has 1 aromatic heterocycles. The summed E-state index contributed by atoms with van der Waals surface area (Å²) >= 11 is 0. The predicted octanol–water partition coefficient (Wildman–Crippen LogP) is 4.51. The maximum atomic E-state index is 5.16. The third-order valence-electron chi connectivity index (χ3n) is 5.22. The fraction of sp³-hybridized carbons (Fsp3) is 0.765. The Bertz CT molecular complexity index is 353. The molecule has 0 saturated heterocycles. The summed E-state index contributed by atoms with van der Waals surface area (Å²) in [5.74, 6) is 1.93. The fourth-order valence-electron chi connectivity index (χ4n) is 4.18. The van der Waals surface area contributed by atoms with Gasteiger partial charge in [-0.25, -0.2) is 0 Å². The van der Waals surface area contributed by atoms with Gasteiger partial charge in [0.1, 0.15) is 0 Å². The van der Waals surface area contributed by atoms with Gasteiger partial charge in [0.05, 0.1) is 12.5 Å². The minimum Gasteiger partial charge on any atom is -0.472 e. The van der Waals surface area contributed by atoms with Crippen molar-refractivity contribution in [3.05, 3.63) is 24.2 Å². The van der Waals surface area contributed by atoms with Gasteiger partial charge in [0, 0.05) is 18.2 Å². The highest BCUT2D eigenvalue weighted by Gasteiger charge is 2.32. The van der Waals surface area contributed by atoms with E-state index in [1.807, 2.05) is 6.26 Å². The molecule has 2 unspecified atom stereocenters. The van der Waals surface area contributed by atoms with Crippen LogP contribution in [0.4, 0.5) is 0 Å². The van der Waals surface area contributed by atoms with Gasteiger partial charge < -0.3 is 9.73 Å². The van der Waals surface area contributed by atoms with Crippen molar-refractivity contribution < 1.29 is 4.42 Å². The molecule has 1 heterocycles. The van der Waals surface area contributed by atoms with E-state index in [2.05, 4.69) is 11.4 Å². The van der Waals surface area contributed by atoms with E-state index >= 15 is 0 Å². The highest BCUT2D eigenvalue weighted by Crippen LogP contribution is 2.38. The lowest BCUT2D eigenvalue weighted by molar-refractivity contribution is 0.149. The molecule has 2 nitrogen and oxygen atoms in total. The smallest absolute Gasteiger partial charge is 0.0947 e.